The summed E-state index contributed by atoms with van der Waals surface area (Å²) in [6.07, 6.45) is 2.29. The van der Waals surface area contributed by atoms with E-state index in [1.807, 2.05) is 36.2 Å². The van der Waals surface area contributed by atoms with Gasteiger partial charge in [-0.3, -0.25) is 4.79 Å². The van der Waals surface area contributed by atoms with E-state index < -0.39 is 6.10 Å². The van der Waals surface area contributed by atoms with Crippen LogP contribution in [0.5, 0.6) is 5.75 Å². The van der Waals surface area contributed by atoms with Gasteiger partial charge in [0.2, 0.25) is 5.89 Å². The van der Waals surface area contributed by atoms with E-state index in [-0.39, 0.29) is 5.91 Å². The van der Waals surface area contributed by atoms with E-state index in [0.29, 0.717) is 18.4 Å². The minimum Gasteiger partial charge on any atom is -0.477 e. The Morgan fingerprint density at radius 1 is 1.27 bits per heavy atom. The van der Waals surface area contributed by atoms with Crippen LogP contribution in [-0.4, -0.2) is 53.7 Å². The van der Waals surface area contributed by atoms with Gasteiger partial charge in [-0.2, -0.15) is 4.98 Å². The Morgan fingerprint density at radius 3 is 2.77 bits per heavy atom. The molecule has 2 aliphatic heterocycles. The summed E-state index contributed by atoms with van der Waals surface area (Å²) < 4.78 is 11.0. The topological polar surface area (TPSA) is 71.7 Å². The molecule has 7 nitrogen and oxygen atoms in total. The average Bonchev–Trinajstić information content (AvgIpc) is 3.06. The van der Waals surface area contributed by atoms with Crippen LogP contribution in [0, 0.1) is 12.8 Å². The number of carbonyl (C=O) groups is 1. The second kappa shape index (κ2) is 6.97. The molecule has 0 bridgehead atoms. The first-order valence-electron chi connectivity index (χ1n) is 9.15. The van der Waals surface area contributed by atoms with Gasteiger partial charge in [-0.15, -0.1) is 0 Å². The molecule has 7 heteroatoms. The van der Waals surface area contributed by atoms with Crippen LogP contribution in [0.1, 0.15) is 24.6 Å². The molecule has 0 spiro atoms. The maximum absolute atomic E-state index is 12.9. The average molecular weight is 356 g/mol. The first kappa shape index (κ1) is 16.9. The Morgan fingerprint density at radius 2 is 2.04 bits per heavy atom. The van der Waals surface area contributed by atoms with Crippen LogP contribution >= 0.6 is 0 Å². The maximum atomic E-state index is 12.9. The lowest BCUT2D eigenvalue weighted by Crippen LogP contribution is -2.51. The molecule has 26 heavy (non-hydrogen) atoms. The van der Waals surface area contributed by atoms with E-state index >= 15 is 0 Å². The lowest BCUT2D eigenvalue weighted by Gasteiger charge is -2.38. The maximum Gasteiger partial charge on any atom is 0.265 e. The standard InChI is InChI=1S/C19H24N4O3/c1-13-20-18(21-26-13)11-14-7-9-23(10-8-14)19(24)17-12-22(2)15-5-3-4-6-16(15)25-17/h3-6,14,17H,7-12H2,1-2H3/t17-/m0/s1. The van der Waals surface area contributed by atoms with Gasteiger partial charge in [0.1, 0.15) is 5.75 Å². The van der Waals surface area contributed by atoms with Crippen molar-refractivity contribution in [3.8, 4) is 5.75 Å². The summed E-state index contributed by atoms with van der Waals surface area (Å²) in [5, 5.41) is 3.97. The van der Waals surface area contributed by atoms with Gasteiger partial charge in [-0.05, 0) is 30.9 Å². The van der Waals surface area contributed by atoms with Gasteiger partial charge in [0.25, 0.3) is 5.91 Å². The van der Waals surface area contributed by atoms with Crippen LogP contribution < -0.4 is 9.64 Å². The zero-order valence-electron chi connectivity index (χ0n) is 15.2. The summed E-state index contributed by atoms with van der Waals surface area (Å²) in [4.78, 5) is 21.2. The Hall–Kier alpha value is -2.57. The van der Waals surface area contributed by atoms with Gasteiger partial charge in [-0.25, -0.2) is 0 Å². The molecule has 0 aliphatic carbocycles. The Labute approximate surface area is 152 Å². The van der Waals surface area contributed by atoms with E-state index in [0.717, 1.165) is 49.6 Å². The number of anilines is 1. The number of aryl methyl sites for hydroxylation is 1. The van der Waals surface area contributed by atoms with Gasteiger partial charge in [0.05, 0.1) is 12.2 Å². The second-order valence-corrected chi connectivity index (χ2v) is 7.16. The highest BCUT2D eigenvalue weighted by Crippen LogP contribution is 2.32. The fraction of sp³-hybridized carbons (Fsp3) is 0.526. The Bertz CT molecular complexity index is 783. The molecule has 1 fully saturated rings. The quantitative estimate of drug-likeness (QED) is 0.838. The fourth-order valence-corrected chi connectivity index (χ4v) is 3.78. The van der Waals surface area contributed by atoms with Crippen LogP contribution in [0.3, 0.4) is 0 Å². The van der Waals surface area contributed by atoms with Crippen molar-refractivity contribution in [3.63, 3.8) is 0 Å². The molecule has 1 atom stereocenters. The van der Waals surface area contributed by atoms with Crippen LogP contribution in [0.25, 0.3) is 0 Å². The summed E-state index contributed by atoms with van der Waals surface area (Å²) >= 11 is 0. The molecule has 2 aromatic rings. The van der Waals surface area contributed by atoms with Crippen molar-refractivity contribution in [1.82, 2.24) is 15.0 Å². The van der Waals surface area contributed by atoms with Crippen LogP contribution in [0.4, 0.5) is 5.69 Å². The predicted octanol–water partition coefficient (Wildman–Crippen LogP) is 2.06. The number of piperidine rings is 1. The number of hydrogen-bond donors (Lipinski definition) is 0. The molecule has 0 radical (unpaired) electrons. The zero-order valence-corrected chi connectivity index (χ0v) is 15.2. The number of hydrogen-bond acceptors (Lipinski definition) is 6. The van der Waals surface area contributed by atoms with Crippen LogP contribution in [0.15, 0.2) is 28.8 Å². The van der Waals surface area contributed by atoms with E-state index in [9.17, 15) is 4.79 Å². The van der Waals surface area contributed by atoms with Crippen LogP contribution in [-0.2, 0) is 11.2 Å². The number of fused-ring (bicyclic) bond motifs is 1. The van der Waals surface area contributed by atoms with Crippen molar-refractivity contribution in [1.29, 1.82) is 0 Å². The third-order valence-electron chi connectivity index (χ3n) is 5.23. The third kappa shape index (κ3) is 3.38. The second-order valence-electron chi connectivity index (χ2n) is 7.16. The van der Waals surface area contributed by atoms with Crippen molar-refractivity contribution < 1.29 is 14.1 Å². The van der Waals surface area contributed by atoms with E-state index in [4.69, 9.17) is 9.26 Å². The van der Waals surface area contributed by atoms with Gasteiger partial charge in [0, 0.05) is 33.5 Å². The smallest absolute Gasteiger partial charge is 0.265 e. The van der Waals surface area contributed by atoms with Gasteiger partial charge < -0.3 is 19.1 Å². The largest absolute Gasteiger partial charge is 0.477 e. The molecule has 1 aromatic heterocycles. The molecular formula is C19H24N4O3. The molecule has 1 saturated heterocycles. The summed E-state index contributed by atoms with van der Waals surface area (Å²) in [6, 6.07) is 7.85. The summed E-state index contributed by atoms with van der Waals surface area (Å²) in [6.45, 7) is 3.89. The first-order chi connectivity index (χ1) is 12.6. The molecule has 3 heterocycles. The molecule has 1 aromatic carbocycles. The number of para-hydroxylation sites is 2. The lowest BCUT2D eigenvalue weighted by atomic mass is 9.93. The number of likely N-dealkylation sites (N-methyl/N-ethyl adjacent to an activating group) is 1. The van der Waals surface area contributed by atoms with E-state index in [2.05, 4.69) is 15.0 Å². The molecule has 0 unspecified atom stereocenters. The van der Waals surface area contributed by atoms with Crippen LogP contribution in [0.2, 0.25) is 0 Å². The summed E-state index contributed by atoms with van der Waals surface area (Å²) in [5.74, 6) is 2.72. The summed E-state index contributed by atoms with van der Waals surface area (Å²) in [5.41, 5.74) is 1.03. The molecule has 2 aliphatic rings. The lowest BCUT2D eigenvalue weighted by molar-refractivity contribution is -0.140. The number of amides is 1. The van der Waals surface area contributed by atoms with E-state index in [1.54, 1.807) is 6.92 Å². The highest BCUT2D eigenvalue weighted by Gasteiger charge is 2.34. The Kier molecular flexibility index (Phi) is 4.53. The summed E-state index contributed by atoms with van der Waals surface area (Å²) in [7, 11) is 2.00. The number of ether oxygens (including phenoxy) is 1. The molecule has 0 N–H and O–H groups in total. The number of rotatable bonds is 3. The van der Waals surface area contributed by atoms with E-state index in [1.165, 1.54) is 0 Å². The molecule has 4 rings (SSSR count). The van der Waals surface area contributed by atoms with Gasteiger partial charge >= 0.3 is 0 Å². The third-order valence-corrected chi connectivity index (χ3v) is 5.23. The van der Waals surface area contributed by atoms with Crippen molar-refractivity contribution >= 4 is 11.6 Å². The zero-order chi connectivity index (χ0) is 18.1. The molecule has 138 valence electrons. The monoisotopic (exact) mass is 356 g/mol. The number of aromatic nitrogens is 2. The Balaban J connectivity index is 1.34. The van der Waals surface area contributed by atoms with Crippen molar-refractivity contribution in [2.24, 2.45) is 5.92 Å². The minimum atomic E-state index is -0.439. The SMILES string of the molecule is Cc1nc(CC2CCN(C(=O)[C@@H]3CN(C)c4ccccc4O3)CC2)no1. The van der Waals surface area contributed by atoms with Gasteiger partial charge in [-0.1, -0.05) is 17.3 Å². The predicted molar refractivity (Wildman–Crippen MR) is 96.2 cm³/mol. The highest BCUT2D eigenvalue weighted by molar-refractivity contribution is 5.83. The number of likely N-dealkylation sites (tertiary alicyclic amines) is 1. The minimum absolute atomic E-state index is 0.0835. The number of benzene rings is 1. The normalized spacial score (nSPS) is 20.6. The fourth-order valence-electron chi connectivity index (χ4n) is 3.78. The number of carbonyl (C=O) groups excluding carboxylic acids is 1. The van der Waals surface area contributed by atoms with Gasteiger partial charge in [0.15, 0.2) is 11.9 Å². The number of nitrogens with zero attached hydrogens (tertiary/aromatic N) is 4. The van der Waals surface area contributed by atoms with Crippen molar-refractivity contribution in [3.05, 3.63) is 36.0 Å². The molecular weight excluding hydrogens is 332 g/mol. The van der Waals surface area contributed by atoms with Crippen molar-refractivity contribution in [2.75, 3.05) is 31.6 Å². The highest BCUT2D eigenvalue weighted by atomic mass is 16.5. The molecule has 0 saturated carbocycles. The van der Waals surface area contributed by atoms with Crippen molar-refractivity contribution in [2.45, 2.75) is 32.3 Å². The molecule has 1 amide bonds. The first-order valence-corrected chi connectivity index (χ1v) is 9.15.